The number of nitrogens with one attached hydrogen (secondary N) is 1. The first kappa shape index (κ1) is 64.8. The Morgan fingerprint density at radius 2 is 0.942 bits per heavy atom. The van der Waals surface area contributed by atoms with E-state index >= 15 is 0 Å². The van der Waals surface area contributed by atoms with E-state index in [1.165, 1.54) is 128 Å². The van der Waals surface area contributed by atoms with Crippen LogP contribution in [0.25, 0.3) is 0 Å². The number of carbonyl (C=O) groups is 1. The summed E-state index contributed by atoms with van der Waals surface area (Å²) < 4.78 is 11.1. The van der Waals surface area contributed by atoms with Gasteiger partial charge in [-0.3, -0.25) is 4.79 Å². The molecule has 8 N–H and O–H groups in total. The number of ether oxygens (including phenoxy) is 2. The van der Waals surface area contributed by atoms with Gasteiger partial charge in [0.15, 0.2) is 6.29 Å². The third kappa shape index (κ3) is 35.6. The fraction of sp³-hybridized carbons (Fsp3) is 0.810. The van der Waals surface area contributed by atoms with Crippen LogP contribution < -0.4 is 5.32 Å². The van der Waals surface area contributed by atoms with Crippen molar-refractivity contribution in [2.75, 3.05) is 13.2 Å². The highest BCUT2D eigenvalue weighted by molar-refractivity contribution is 5.80. The maximum absolute atomic E-state index is 13.2. The molecule has 9 atom stereocenters. The Bertz CT molecular complexity index is 1300. The number of rotatable bonds is 47. The van der Waals surface area contributed by atoms with E-state index in [0.717, 1.165) is 57.8 Å². The largest absolute Gasteiger partial charge is 0.394 e. The zero-order chi connectivity index (χ0) is 50.4. The van der Waals surface area contributed by atoms with Crippen LogP contribution in [0.4, 0.5) is 0 Å². The number of unbranched alkanes of at least 4 members (excludes halogenated alkanes) is 25. The van der Waals surface area contributed by atoms with Gasteiger partial charge in [0.1, 0.15) is 36.6 Å². The molecule has 0 bridgehead atoms. The van der Waals surface area contributed by atoms with Crippen molar-refractivity contribution in [3.8, 4) is 0 Å². The summed E-state index contributed by atoms with van der Waals surface area (Å²) in [6.45, 7) is 3.36. The lowest BCUT2D eigenvalue weighted by atomic mass is 9.98. The Hall–Kier alpha value is -2.19. The lowest BCUT2D eigenvalue weighted by molar-refractivity contribution is -0.303. The second kappa shape index (κ2) is 46.9. The molecule has 1 saturated heterocycles. The van der Waals surface area contributed by atoms with Crippen LogP contribution in [-0.4, -0.2) is 110 Å². The Morgan fingerprint density at radius 1 is 0.507 bits per heavy atom. The quantitative estimate of drug-likeness (QED) is 0.0215. The summed E-state index contributed by atoms with van der Waals surface area (Å²) in [6, 6.07) is -1.20. The molecule has 1 fully saturated rings. The van der Waals surface area contributed by atoms with Gasteiger partial charge in [0.2, 0.25) is 5.91 Å². The normalized spacial score (nSPS) is 20.9. The molecule has 69 heavy (non-hydrogen) atoms. The van der Waals surface area contributed by atoms with Crippen LogP contribution >= 0.6 is 0 Å². The molecular weight excluding hydrogens is 871 g/mol. The van der Waals surface area contributed by atoms with Crippen LogP contribution in [0.1, 0.15) is 232 Å². The third-order valence-corrected chi connectivity index (χ3v) is 13.2. The third-order valence-electron chi connectivity index (χ3n) is 13.2. The summed E-state index contributed by atoms with van der Waals surface area (Å²) >= 11 is 0. The van der Waals surface area contributed by atoms with E-state index in [9.17, 15) is 40.5 Å². The summed E-state index contributed by atoms with van der Waals surface area (Å²) in [5.74, 6) is -0.715. The summed E-state index contributed by atoms with van der Waals surface area (Å²) in [5, 5.41) is 75.9. The van der Waals surface area contributed by atoms with Crippen LogP contribution in [0.3, 0.4) is 0 Å². The van der Waals surface area contributed by atoms with Gasteiger partial charge in [0.25, 0.3) is 0 Å². The maximum Gasteiger partial charge on any atom is 0.249 e. The Kier molecular flexibility index (Phi) is 44.0. The number of hydrogen-bond donors (Lipinski definition) is 8. The van der Waals surface area contributed by atoms with Crippen molar-refractivity contribution >= 4 is 5.91 Å². The lowest BCUT2D eigenvalue weighted by Gasteiger charge is -2.40. The molecule has 0 spiro atoms. The van der Waals surface area contributed by atoms with E-state index in [4.69, 9.17) is 9.47 Å². The predicted octanol–water partition coefficient (Wildman–Crippen LogP) is 11.5. The van der Waals surface area contributed by atoms with E-state index in [1.807, 2.05) is 0 Å². The van der Waals surface area contributed by atoms with Crippen molar-refractivity contribution < 1.29 is 50.0 Å². The zero-order valence-corrected chi connectivity index (χ0v) is 43.8. The van der Waals surface area contributed by atoms with E-state index in [0.29, 0.717) is 19.3 Å². The van der Waals surface area contributed by atoms with Crippen LogP contribution in [-0.2, 0) is 14.3 Å². The standard InChI is InChI=1S/C58H105NO10/c1-3-5-7-9-11-13-15-17-19-20-21-22-23-24-25-26-27-28-29-30-31-32-34-36-38-40-42-44-46-51(62)57(67)59-49(48-68-58-56(66)55(65)54(64)52(47-60)69-58)53(63)50(61)45-43-41-39-37-35-33-18-16-14-12-10-8-6-4-2/h8,10,16,18,21-22,24-25,37,39,49-56,58,60-66H,3-7,9,11-15,17,19-20,23,26-36,38,40-48H2,1-2H3,(H,59,67)/b10-8+,18-16+,22-21-,25-24-,39-37+. The maximum atomic E-state index is 13.2. The van der Waals surface area contributed by atoms with Crippen molar-refractivity contribution in [1.82, 2.24) is 5.32 Å². The van der Waals surface area contributed by atoms with E-state index in [1.54, 1.807) is 0 Å². The summed E-state index contributed by atoms with van der Waals surface area (Å²) in [4.78, 5) is 13.2. The van der Waals surface area contributed by atoms with Gasteiger partial charge in [0.05, 0.1) is 25.4 Å². The average molecular weight is 976 g/mol. The van der Waals surface area contributed by atoms with Crippen molar-refractivity contribution in [2.24, 2.45) is 0 Å². The molecule has 1 rings (SSSR count). The van der Waals surface area contributed by atoms with Gasteiger partial charge in [-0.25, -0.2) is 0 Å². The Balaban J connectivity index is 2.29. The lowest BCUT2D eigenvalue weighted by Crippen LogP contribution is -2.60. The minimum Gasteiger partial charge on any atom is -0.394 e. The Labute approximate surface area is 421 Å². The number of carbonyl (C=O) groups excluding carboxylic acids is 1. The SMILES string of the molecule is CCC/C=C/CC/C=C/CC/C=C/CCCC(O)C(O)C(COC1OC(CO)C(O)C(O)C1O)NC(=O)C(O)CCCCCCCCCCCCCC/C=C\C/C=C\CCCCCCCCCCC. The molecule has 1 heterocycles. The first-order valence-corrected chi connectivity index (χ1v) is 28.2. The number of hydrogen-bond acceptors (Lipinski definition) is 10. The van der Waals surface area contributed by atoms with Crippen molar-refractivity contribution in [1.29, 1.82) is 0 Å². The van der Waals surface area contributed by atoms with Gasteiger partial charge in [-0.2, -0.15) is 0 Å². The van der Waals surface area contributed by atoms with E-state index < -0.39 is 74.2 Å². The average Bonchev–Trinajstić information content (AvgIpc) is 3.35. The van der Waals surface area contributed by atoms with Crippen LogP contribution in [0.2, 0.25) is 0 Å². The summed E-state index contributed by atoms with van der Waals surface area (Å²) in [7, 11) is 0. The highest BCUT2D eigenvalue weighted by Gasteiger charge is 2.44. The van der Waals surface area contributed by atoms with Crippen LogP contribution in [0.15, 0.2) is 60.8 Å². The van der Waals surface area contributed by atoms with Gasteiger partial charge >= 0.3 is 0 Å². The molecule has 0 saturated carbocycles. The predicted molar refractivity (Wildman–Crippen MR) is 284 cm³/mol. The highest BCUT2D eigenvalue weighted by Crippen LogP contribution is 2.23. The van der Waals surface area contributed by atoms with Gasteiger partial charge in [-0.05, 0) is 89.9 Å². The first-order chi connectivity index (χ1) is 33.7. The summed E-state index contributed by atoms with van der Waals surface area (Å²) in [6.07, 6.45) is 48.5. The number of allylic oxidation sites excluding steroid dienone is 10. The Morgan fingerprint density at radius 3 is 1.43 bits per heavy atom. The molecule has 0 aliphatic carbocycles. The fourth-order valence-electron chi connectivity index (χ4n) is 8.63. The molecule has 402 valence electrons. The molecule has 9 unspecified atom stereocenters. The first-order valence-electron chi connectivity index (χ1n) is 28.2. The molecule has 1 aliphatic heterocycles. The molecule has 0 aromatic carbocycles. The molecule has 0 aromatic heterocycles. The molecule has 1 amide bonds. The van der Waals surface area contributed by atoms with Crippen molar-refractivity contribution in [3.05, 3.63) is 60.8 Å². The van der Waals surface area contributed by atoms with Gasteiger partial charge in [-0.1, -0.05) is 203 Å². The number of aliphatic hydroxyl groups excluding tert-OH is 7. The topological polar surface area (TPSA) is 189 Å². The molecular formula is C58H105NO10. The van der Waals surface area contributed by atoms with Gasteiger partial charge in [0, 0.05) is 0 Å². The monoisotopic (exact) mass is 976 g/mol. The van der Waals surface area contributed by atoms with Crippen LogP contribution in [0.5, 0.6) is 0 Å². The number of amides is 1. The van der Waals surface area contributed by atoms with Crippen molar-refractivity contribution in [2.45, 2.75) is 287 Å². The van der Waals surface area contributed by atoms with Crippen molar-refractivity contribution in [3.63, 3.8) is 0 Å². The number of aliphatic hydroxyl groups is 7. The minimum absolute atomic E-state index is 0.238. The second-order valence-electron chi connectivity index (χ2n) is 19.6. The second-order valence-corrected chi connectivity index (χ2v) is 19.6. The molecule has 11 nitrogen and oxygen atoms in total. The van der Waals surface area contributed by atoms with Crippen LogP contribution in [0, 0.1) is 0 Å². The molecule has 11 heteroatoms. The smallest absolute Gasteiger partial charge is 0.249 e. The zero-order valence-electron chi connectivity index (χ0n) is 43.8. The highest BCUT2D eigenvalue weighted by atomic mass is 16.7. The van der Waals surface area contributed by atoms with Gasteiger partial charge in [-0.15, -0.1) is 0 Å². The van der Waals surface area contributed by atoms with E-state index in [2.05, 4.69) is 79.9 Å². The molecule has 0 aromatic rings. The van der Waals surface area contributed by atoms with E-state index in [-0.39, 0.29) is 12.8 Å². The minimum atomic E-state index is -1.67. The molecule has 1 aliphatic rings. The fourth-order valence-corrected chi connectivity index (χ4v) is 8.63. The molecule has 0 radical (unpaired) electrons. The summed E-state index contributed by atoms with van der Waals surface area (Å²) in [5.41, 5.74) is 0. The van der Waals surface area contributed by atoms with Gasteiger partial charge < -0.3 is 50.5 Å².